The third-order valence-corrected chi connectivity index (χ3v) is 13.1. The Balaban J connectivity index is 4.13. The predicted octanol–water partition coefficient (Wildman–Crippen LogP) is 18.1. The maximum atomic E-state index is 12.8. The fourth-order valence-electron chi connectivity index (χ4n) is 8.49. The van der Waals surface area contributed by atoms with Crippen LogP contribution < -0.4 is 0 Å². The average Bonchev–Trinajstić information content (AvgIpc) is 3.26. The van der Waals surface area contributed by atoms with Crippen LogP contribution in [0.5, 0.6) is 0 Å². The van der Waals surface area contributed by atoms with Crippen LogP contribution in [0.15, 0.2) is 0 Å². The van der Waals surface area contributed by atoms with E-state index in [2.05, 4.69) is 34.6 Å². The maximum absolute atomic E-state index is 12.8. The van der Waals surface area contributed by atoms with Crippen LogP contribution in [-0.4, -0.2) is 37.2 Å². The van der Waals surface area contributed by atoms with Crippen molar-refractivity contribution in [1.82, 2.24) is 0 Å². The standard InChI is InChI=1S/C56H108O6/c1-6-8-9-10-29-36-41-46-54(57)60-49-53(50-61-55(58)47-42-37-32-27-23-20-19-21-25-30-34-39-44-51(3)4)62-56(59)48-43-38-33-28-24-18-16-14-12-11-13-15-17-22-26-31-35-40-45-52(5)7-2/h51-53H,6-50H2,1-5H3/t52?,53-/m0/s1. The van der Waals surface area contributed by atoms with Gasteiger partial charge in [-0.3, -0.25) is 14.4 Å². The van der Waals surface area contributed by atoms with Gasteiger partial charge in [-0.15, -0.1) is 0 Å². The van der Waals surface area contributed by atoms with Gasteiger partial charge in [-0.05, 0) is 31.1 Å². The van der Waals surface area contributed by atoms with Crippen molar-refractivity contribution in [1.29, 1.82) is 0 Å². The van der Waals surface area contributed by atoms with Crippen molar-refractivity contribution in [2.45, 2.75) is 317 Å². The molecule has 2 atom stereocenters. The Morgan fingerprint density at radius 2 is 0.613 bits per heavy atom. The van der Waals surface area contributed by atoms with Crippen molar-refractivity contribution in [3.05, 3.63) is 0 Å². The van der Waals surface area contributed by atoms with Crippen LogP contribution in [0.2, 0.25) is 0 Å². The fourth-order valence-corrected chi connectivity index (χ4v) is 8.49. The largest absolute Gasteiger partial charge is 0.462 e. The van der Waals surface area contributed by atoms with Gasteiger partial charge in [-0.25, -0.2) is 0 Å². The lowest BCUT2D eigenvalue weighted by atomic mass is 9.99. The van der Waals surface area contributed by atoms with Gasteiger partial charge >= 0.3 is 17.9 Å². The second-order valence-electron chi connectivity index (χ2n) is 19.9. The molecule has 0 rings (SSSR count). The number of hydrogen-bond donors (Lipinski definition) is 0. The Morgan fingerprint density at radius 1 is 0.339 bits per heavy atom. The Hall–Kier alpha value is -1.59. The van der Waals surface area contributed by atoms with Gasteiger partial charge < -0.3 is 14.2 Å². The van der Waals surface area contributed by atoms with E-state index in [4.69, 9.17) is 14.2 Å². The second-order valence-corrected chi connectivity index (χ2v) is 19.9. The molecular weight excluding hydrogens is 769 g/mol. The molecule has 0 saturated carbocycles. The highest BCUT2D eigenvalue weighted by Crippen LogP contribution is 2.18. The summed E-state index contributed by atoms with van der Waals surface area (Å²) in [5, 5.41) is 0. The van der Waals surface area contributed by atoms with Crippen LogP contribution in [0.4, 0.5) is 0 Å². The molecule has 0 N–H and O–H groups in total. The number of ether oxygens (including phenoxy) is 3. The van der Waals surface area contributed by atoms with Crippen LogP contribution in [0, 0.1) is 11.8 Å². The lowest BCUT2D eigenvalue weighted by Crippen LogP contribution is -2.30. The summed E-state index contributed by atoms with van der Waals surface area (Å²) >= 11 is 0. The molecule has 0 aliphatic heterocycles. The van der Waals surface area contributed by atoms with E-state index in [0.717, 1.165) is 69.6 Å². The molecule has 0 saturated heterocycles. The van der Waals surface area contributed by atoms with E-state index in [1.54, 1.807) is 0 Å². The zero-order valence-corrected chi connectivity index (χ0v) is 42.5. The molecule has 62 heavy (non-hydrogen) atoms. The average molecular weight is 877 g/mol. The quantitative estimate of drug-likeness (QED) is 0.0344. The molecule has 0 aromatic rings. The summed E-state index contributed by atoms with van der Waals surface area (Å²) in [6.07, 6.45) is 51.1. The van der Waals surface area contributed by atoms with Crippen LogP contribution in [-0.2, 0) is 28.6 Å². The number of rotatable bonds is 50. The number of carbonyl (C=O) groups is 3. The first-order valence-electron chi connectivity index (χ1n) is 27.8. The number of unbranched alkanes of at least 4 members (excludes halogenated alkanes) is 34. The molecule has 0 bridgehead atoms. The third-order valence-electron chi connectivity index (χ3n) is 13.1. The fraction of sp³-hybridized carbons (Fsp3) is 0.946. The molecule has 368 valence electrons. The molecule has 0 radical (unpaired) electrons. The molecule has 0 aliphatic carbocycles. The van der Waals surface area contributed by atoms with Crippen LogP contribution >= 0.6 is 0 Å². The maximum Gasteiger partial charge on any atom is 0.306 e. The first-order valence-corrected chi connectivity index (χ1v) is 27.8. The van der Waals surface area contributed by atoms with E-state index in [-0.39, 0.29) is 31.1 Å². The van der Waals surface area contributed by atoms with Crippen LogP contribution in [0.3, 0.4) is 0 Å². The summed E-state index contributed by atoms with van der Waals surface area (Å²) in [5.74, 6) is 0.893. The Kier molecular flexibility index (Phi) is 47.6. The van der Waals surface area contributed by atoms with Gasteiger partial charge in [0, 0.05) is 19.3 Å². The molecule has 1 unspecified atom stereocenters. The summed E-state index contributed by atoms with van der Waals surface area (Å²) in [7, 11) is 0. The minimum atomic E-state index is -0.761. The lowest BCUT2D eigenvalue weighted by Gasteiger charge is -2.18. The van der Waals surface area contributed by atoms with Gasteiger partial charge in [0.1, 0.15) is 13.2 Å². The Labute approximate surface area is 387 Å². The summed E-state index contributed by atoms with van der Waals surface area (Å²) in [6, 6.07) is 0. The van der Waals surface area contributed by atoms with Crippen molar-refractivity contribution in [2.24, 2.45) is 11.8 Å². The zero-order chi connectivity index (χ0) is 45.4. The highest BCUT2D eigenvalue weighted by atomic mass is 16.6. The SMILES string of the molecule is CCCCCCCCCC(=O)OC[C@@H](COC(=O)CCCCCCCCCCCCCCC(C)C)OC(=O)CCCCCCCCCCCCCCCCCCCCC(C)CC. The van der Waals surface area contributed by atoms with Crippen LogP contribution in [0.1, 0.15) is 311 Å². The molecule has 0 amide bonds. The monoisotopic (exact) mass is 877 g/mol. The van der Waals surface area contributed by atoms with Gasteiger partial charge in [-0.1, -0.05) is 272 Å². The molecule has 0 aromatic carbocycles. The van der Waals surface area contributed by atoms with Gasteiger partial charge in [-0.2, -0.15) is 0 Å². The minimum absolute atomic E-state index is 0.0637. The van der Waals surface area contributed by atoms with E-state index in [1.165, 1.54) is 199 Å². The van der Waals surface area contributed by atoms with Crippen molar-refractivity contribution in [3.63, 3.8) is 0 Å². The lowest BCUT2D eigenvalue weighted by molar-refractivity contribution is -0.167. The normalized spacial score (nSPS) is 12.5. The predicted molar refractivity (Wildman–Crippen MR) is 266 cm³/mol. The Bertz CT molecular complexity index is 949. The van der Waals surface area contributed by atoms with Crippen molar-refractivity contribution in [3.8, 4) is 0 Å². The van der Waals surface area contributed by atoms with E-state index < -0.39 is 6.10 Å². The van der Waals surface area contributed by atoms with Crippen molar-refractivity contribution in [2.75, 3.05) is 13.2 Å². The molecular formula is C56H108O6. The minimum Gasteiger partial charge on any atom is -0.462 e. The van der Waals surface area contributed by atoms with Gasteiger partial charge in [0.15, 0.2) is 6.10 Å². The topological polar surface area (TPSA) is 78.9 Å². The molecule has 0 heterocycles. The summed E-state index contributed by atoms with van der Waals surface area (Å²) in [5.41, 5.74) is 0. The number of esters is 3. The molecule has 6 heteroatoms. The van der Waals surface area contributed by atoms with E-state index in [9.17, 15) is 14.4 Å². The molecule has 0 spiro atoms. The van der Waals surface area contributed by atoms with Gasteiger partial charge in [0.05, 0.1) is 0 Å². The van der Waals surface area contributed by atoms with Crippen LogP contribution in [0.25, 0.3) is 0 Å². The molecule has 0 aromatic heterocycles. The molecule has 0 aliphatic rings. The van der Waals surface area contributed by atoms with Crippen molar-refractivity contribution < 1.29 is 28.6 Å². The second kappa shape index (κ2) is 48.9. The first kappa shape index (κ1) is 60.4. The van der Waals surface area contributed by atoms with Gasteiger partial charge in [0.25, 0.3) is 0 Å². The highest BCUT2D eigenvalue weighted by molar-refractivity contribution is 5.71. The van der Waals surface area contributed by atoms with E-state index >= 15 is 0 Å². The highest BCUT2D eigenvalue weighted by Gasteiger charge is 2.19. The molecule has 0 fully saturated rings. The summed E-state index contributed by atoms with van der Waals surface area (Å²) in [6.45, 7) is 11.4. The third kappa shape index (κ3) is 47.9. The first-order chi connectivity index (χ1) is 30.3. The molecule has 6 nitrogen and oxygen atoms in total. The van der Waals surface area contributed by atoms with E-state index in [0.29, 0.717) is 19.3 Å². The number of hydrogen-bond acceptors (Lipinski definition) is 6. The zero-order valence-electron chi connectivity index (χ0n) is 42.5. The van der Waals surface area contributed by atoms with Crippen molar-refractivity contribution >= 4 is 17.9 Å². The summed E-state index contributed by atoms with van der Waals surface area (Å²) in [4.78, 5) is 37.9. The Morgan fingerprint density at radius 3 is 0.919 bits per heavy atom. The smallest absolute Gasteiger partial charge is 0.306 e. The van der Waals surface area contributed by atoms with E-state index in [1.807, 2.05) is 0 Å². The summed E-state index contributed by atoms with van der Waals surface area (Å²) < 4.78 is 16.8. The number of carbonyl (C=O) groups excluding carboxylic acids is 3. The van der Waals surface area contributed by atoms with Gasteiger partial charge in [0.2, 0.25) is 0 Å².